The molecule has 0 N–H and O–H groups in total. The molecule has 2 unspecified atom stereocenters. The molecule has 0 aliphatic carbocycles. The zero-order chi connectivity index (χ0) is 55.1. The molecule has 75 heavy (non-hydrogen) atoms. The van der Waals surface area contributed by atoms with E-state index < -0.39 is 97.5 Å². The summed E-state index contributed by atoms with van der Waals surface area (Å²) in [4.78, 5) is 51.4. The van der Waals surface area contributed by atoms with E-state index in [9.17, 15) is 38.8 Å². The highest BCUT2D eigenvalue weighted by Gasteiger charge is 2.35. The van der Waals surface area contributed by atoms with Gasteiger partial charge in [0, 0.05) is 25.7 Å². The first kappa shape index (κ1) is 69.3. The highest BCUT2D eigenvalue weighted by Crippen LogP contribution is 2.52. The van der Waals surface area contributed by atoms with Gasteiger partial charge in [0.2, 0.25) is 0 Å². The number of benzene rings is 1. The van der Waals surface area contributed by atoms with Crippen molar-refractivity contribution < 1.29 is 79.1 Å². The number of phosphoric ester groups is 2. The average Bonchev–Trinajstić information content (AvgIpc) is 3.40. The molecule has 0 aromatic heterocycles. The number of rotatable bonds is 51. The van der Waals surface area contributed by atoms with Crippen LogP contribution in [0.1, 0.15) is 200 Å². The molecule has 0 amide bonds. The molecule has 0 spiro atoms. The second kappa shape index (κ2) is 46.4. The molecule has 0 bridgehead atoms. The van der Waals surface area contributed by atoms with Gasteiger partial charge in [-0.25, -0.2) is 9.13 Å². The number of carbonyl (C=O) groups excluding carboxylic acids is 4. The van der Waals surface area contributed by atoms with Crippen molar-refractivity contribution in [3.8, 4) is 12.1 Å². The van der Waals surface area contributed by atoms with E-state index in [-0.39, 0.29) is 58.3 Å². The van der Waals surface area contributed by atoms with E-state index in [0.29, 0.717) is 31.2 Å². The fourth-order valence-electron chi connectivity index (χ4n) is 6.99. The number of esters is 4. The lowest BCUT2D eigenvalue weighted by Gasteiger charge is -2.26. The molecule has 1 rings (SSSR count). The molecule has 0 aliphatic rings. The Balaban J connectivity index is 3.36. The van der Waals surface area contributed by atoms with Crippen LogP contribution in [0.25, 0.3) is 0 Å². The second-order valence-electron chi connectivity index (χ2n) is 18.2. The topological polar surface area (TPSA) is 252 Å². The van der Waals surface area contributed by atoms with Crippen LogP contribution in [0, 0.1) is 22.7 Å². The van der Waals surface area contributed by atoms with Crippen molar-refractivity contribution in [3.05, 3.63) is 35.9 Å². The lowest BCUT2D eigenvalue weighted by atomic mass is 10.1. The van der Waals surface area contributed by atoms with Gasteiger partial charge in [-0.2, -0.15) is 10.5 Å². The van der Waals surface area contributed by atoms with Crippen molar-refractivity contribution in [1.29, 1.82) is 10.5 Å². The summed E-state index contributed by atoms with van der Waals surface area (Å²) in [6.45, 7) is 4.39. The van der Waals surface area contributed by atoms with E-state index in [2.05, 4.69) is 27.7 Å². The predicted octanol–water partition coefficient (Wildman–Crippen LogP) is 13.1. The number of phosphoric acid groups is 2. The number of nitrogens with zero attached hydrogens (tertiary/aromatic N) is 2. The van der Waals surface area contributed by atoms with Gasteiger partial charge in [0.05, 0.1) is 71.2 Å². The monoisotopic (exact) mass is 1100 g/mol. The van der Waals surface area contributed by atoms with Gasteiger partial charge in [0.25, 0.3) is 0 Å². The summed E-state index contributed by atoms with van der Waals surface area (Å²) in [7, 11) is -9.30. The first-order valence-electron chi connectivity index (χ1n) is 27.5. The Labute approximate surface area is 448 Å². The molecule has 0 saturated carbocycles. The first-order chi connectivity index (χ1) is 36.3. The molecule has 19 nitrogen and oxygen atoms in total. The predicted molar refractivity (Wildman–Crippen MR) is 282 cm³/mol. The van der Waals surface area contributed by atoms with E-state index in [1.54, 1.807) is 24.3 Å². The first-order valence-corrected chi connectivity index (χ1v) is 30.4. The van der Waals surface area contributed by atoms with E-state index in [1.807, 2.05) is 18.2 Å². The fraction of sp³-hybridized carbons (Fsp3) is 0.778. The van der Waals surface area contributed by atoms with Crippen LogP contribution in [-0.2, 0) is 85.7 Å². The molecule has 0 aliphatic heterocycles. The molecule has 428 valence electrons. The van der Waals surface area contributed by atoms with Crippen LogP contribution in [-0.4, -0.2) is 95.0 Å². The molecule has 0 fully saturated rings. The Kier molecular flexibility index (Phi) is 42.8. The van der Waals surface area contributed by atoms with Crippen LogP contribution < -0.4 is 0 Å². The van der Waals surface area contributed by atoms with Crippen LogP contribution in [0.2, 0.25) is 0 Å². The molecular weight excluding hydrogens is 1010 g/mol. The van der Waals surface area contributed by atoms with Crippen LogP contribution in [0.4, 0.5) is 0 Å². The Morgan fingerprint density at radius 2 is 0.773 bits per heavy atom. The zero-order valence-electron chi connectivity index (χ0n) is 45.6. The molecule has 4 atom stereocenters. The SMILES string of the molecule is CCCCCCCC(=O)OC[C@H](COP(=O)(OCCC#N)OCC(COP(=O)(OCCC#N)OC[C@@H](COC(=O)CCCCCCC)OC(=O)CCCCCCC)OCc1ccccc1)OC(=O)CCCCCCC. The lowest BCUT2D eigenvalue weighted by Crippen LogP contribution is -2.31. The Bertz CT molecular complexity index is 1720. The van der Waals surface area contributed by atoms with Crippen LogP contribution in [0.15, 0.2) is 30.3 Å². The quantitative estimate of drug-likeness (QED) is 0.0254. The number of ether oxygens (including phenoxy) is 5. The lowest BCUT2D eigenvalue weighted by molar-refractivity contribution is -0.161. The minimum absolute atomic E-state index is 0.0417. The van der Waals surface area contributed by atoms with Crippen molar-refractivity contribution in [2.45, 2.75) is 220 Å². The number of hydrogen-bond donors (Lipinski definition) is 0. The highest BCUT2D eigenvalue weighted by atomic mass is 31.2. The summed E-state index contributed by atoms with van der Waals surface area (Å²) in [5.74, 6) is -2.12. The number of hydrogen-bond acceptors (Lipinski definition) is 19. The van der Waals surface area contributed by atoms with Gasteiger partial charge in [-0.05, 0) is 31.2 Å². The van der Waals surface area contributed by atoms with Gasteiger partial charge in [0.15, 0.2) is 12.2 Å². The molecule has 0 saturated heterocycles. The number of unbranched alkanes of at least 4 members (excludes halogenated alkanes) is 16. The third-order valence-corrected chi connectivity index (χ3v) is 14.2. The molecule has 21 heteroatoms. The Morgan fingerprint density at radius 3 is 1.12 bits per heavy atom. The van der Waals surface area contributed by atoms with Crippen molar-refractivity contribution in [3.63, 3.8) is 0 Å². The summed E-state index contributed by atoms with van der Waals surface area (Å²) in [6, 6.07) is 12.8. The van der Waals surface area contributed by atoms with E-state index >= 15 is 0 Å². The number of carbonyl (C=O) groups is 4. The van der Waals surface area contributed by atoms with Crippen molar-refractivity contribution in [2.24, 2.45) is 0 Å². The smallest absolute Gasteiger partial charge is 0.462 e. The van der Waals surface area contributed by atoms with Gasteiger partial charge in [-0.15, -0.1) is 0 Å². The molecule has 1 aromatic rings. The third kappa shape index (κ3) is 39.3. The van der Waals surface area contributed by atoms with Gasteiger partial charge >= 0.3 is 39.5 Å². The third-order valence-electron chi connectivity index (χ3n) is 11.3. The van der Waals surface area contributed by atoms with E-state index in [1.165, 1.54) is 0 Å². The summed E-state index contributed by atoms with van der Waals surface area (Å²) < 4.78 is 91.1. The maximum atomic E-state index is 14.3. The van der Waals surface area contributed by atoms with Crippen molar-refractivity contribution in [2.75, 3.05) is 52.9 Å². The largest absolute Gasteiger partial charge is 0.475 e. The van der Waals surface area contributed by atoms with Crippen molar-refractivity contribution >= 4 is 39.5 Å². The maximum Gasteiger partial charge on any atom is 0.475 e. The minimum Gasteiger partial charge on any atom is -0.462 e. The second-order valence-corrected chi connectivity index (χ2v) is 21.6. The van der Waals surface area contributed by atoms with Crippen LogP contribution >= 0.6 is 15.6 Å². The zero-order valence-corrected chi connectivity index (χ0v) is 47.4. The van der Waals surface area contributed by atoms with Gasteiger partial charge in [-0.3, -0.25) is 46.3 Å². The summed E-state index contributed by atoms with van der Waals surface area (Å²) in [5, 5.41) is 18.6. The summed E-state index contributed by atoms with van der Waals surface area (Å²) in [5.41, 5.74) is 0.716. The van der Waals surface area contributed by atoms with Crippen LogP contribution in [0.3, 0.4) is 0 Å². The minimum atomic E-state index is -4.65. The summed E-state index contributed by atoms with van der Waals surface area (Å²) >= 11 is 0. The average molecular weight is 1100 g/mol. The normalized spacial score (nSPS) is 14.1. The fourth-order valence-corrected chi connectivity index (χ4v) is 9.46. The molecular formula is C54H90N2O17P2. The van der Waals surface area contributed by atoms with Gasteiger partial charge in [-0.1, -0.05) is 161 Å². The van der Waals surface area contributed by atoms with Gasteiger partial charge < -0.3 is 23.7 Å². The molecule has 0 radical (unpaired) electrons. The Hall–Kier alpha value is -3.74. The molecule has 1 aromatic carbocycles. The Morgan fingerprint density at radius 1 is 0.440 bits per heavy atom. The standard InChI is InChI=1S/C54H90N2O17P2/c1-5-9-13-17-24-32-51(57)64-41-49(72-53(59)34-26-19-15-11-7-3)45-70-74(61,66-38-28-36-55)68-43-48(63-40-47-30-22-21-23-31-47)44-69-75(62,67-39-29-37-56)71-46-50(73-54(60)35-27-20-16-12-8-4)42-65-52(58)33-25-18-14-10-6-2/h21-23,30-31,48-50H,5-20,24-29,32-35,38-46H2,1-4H3/t48?,49-,50-,74?,75?/m1/s1. The van der Waals surface area contributed by atoms with Crippen LogP contribution in [0.5, 0.6) is 0 Å². The van der Waals surface area contributed by atoms with E-state index in [4.69, 9.17) is 50.8 Å². The molecule has 0 heterocycles. The highest BCUT2D eigenvalue weighted by molar-refractivity contribution is 7.48. The van der Waals surface area contributed by atoms with Gasteiger partial charge in [0.1, 0.15) is 19.3 Å². The number of nitriles is 2. The maximum absolute atomic E-state index is 14.3. The van der Waals surface area contributed by atoms with Crippen molar-refractivity contribution in [1.82, 2.24) is 0 Å². The van der Waals surface area contributed by atoms with E-state index in [0.717, 1.165) is 103 Å². The summed E-state index contributed by atoms with van der Waals surface area (Å²) in [6.07, 6.45) is 14.5.